The van der Waals surface area contributed by atoms with Gasteiger partial charge in [-0.05, 0) is 12.8 Å². The minimum atomic E-state index is 0.723. The molecular weight excluding hydrogens is 264 g/mol. The molecule has 120 valence electrons. The van der Waals surface area contributed by atoms with Crippen LogP contribution >= 0.6 is 0 Å². The van der Waals surface area contributed by atoms with Crippen molar-refractivity contribution in [1.82, 2.24) is 15.3 Å². The molecule has 1 aromatic heterocycles. The van der Waals surface area contributed by atoms with Gasteiger partial charge in [-0.2, -0.15) is 0 Å². The number of ether oxygens (including phenoxy) is 1. The molecule has 5 heteroatoms. The van der Waals surface area contributed by atoms with Crippen LogP contribution in [0.1, 0.15) is 45.1 Å². The second-order valence-electron chi connectivity index (χ2n) is 5.26. The first kappa shape index (κ1) is 17.9. The Bertz CT molecular complexity index is 348. The molecule has 0 spiro atoms. The van der Waals surface area contributed by atoms with Crippen LogP contribution in [0.3, 0.4) is 0 Å². The minimum absolute atomic E-state index is 0.723. The van der Waals surface area contributed by atoms with Crippen molar-refractivity contribution in [2.24, 2.45) is 0 Å². The van der Waals surface area contributed by atoms with E-state index in [9.17, 15) is 0 Å². The van der Waals surface area contributed by atoms with Crippen LogP contribution in [0.15, 0.2) is 12.4 Å². The highest BCUT2D eigenvalue weighted by Crippen LogP contribution is 2.10. The number of rotatable bonds is 12. The average molecular weight is 294 g/mol. The van der Waals surface area contributed by atoms with Gasteiger partial charge in [-0.3, -0.25) is 0 Å². The number of anilines is 1. The molecule has 0 aliphatic carbocycles. The Morgan fingerprint density at radius 1 is 1.10 bits per heavy atom. The molecule has 0 saturated heterocycles. The van der Waals surface area contributed by atoms with Gasteiger partial charge in [0.25, 0.3) is 0 Å². The van der Waals surface area contributed by atoms with E-state index in [0.717, 1.165) is 44.3 Å². The van der Waals surface area contributed by atoms with Crippen LogP contribution in [-0.2, 0) is 11.3 Å². The lowest BCUT2D eigenvalue weighted by Gasteiger charge is -2.22. The summed E-state index contributed by atoms with van der Waals surface area (Å²) in [4.78, 5) is 11.4. The third-order valence-corrected chi connectivity index (χ3v) is 3.35. The van der Waals surface area contributed by atoms with E-state index in [4.69, 9.17) is 4.74 Å². The summed E-state index contributed by atoms with van der Waals surface area (Å²) in [5.74, 6) is 0.859. The van der Waals surface area contributed by atoms with E-state index in [-0.39, 0.29) is 0 Å². The summed E-state index contributed by atoms with van der Waals surface area (Å²) in [7, 11) is 1.71. The van der Waals surface area contributed by atoms with Crippen LogP contribution in [-0.4, -0.2) is 43.3 Å². The molecule has 0 fully saturated rings. The number of methoxy groups -OCH3 is 1. The number of hydrogen-bond acceptors (Lipinski definition) is 5. The van der Waals surface area contributed by atoms with Crippen LogP contribution in [0.2, 0.25) is 0 Å². The molecule has 0 aliphatic heterocycles. The van der Waals surface area contributed by atoms with E-state index in [1.807, 2.05) is 12.4 Å². The quantitative estimate of drug-likeness (QED) is 0.601. The number of nitrogens with zero attached hydrogens (tertiary/aromatic N) is 3. The highest BCUT2D eigenvalue weighted by Gasteiger charge is 2.08. The third-order valence-electron chi connectivity index (χ3n) is 3.35. The Balaban J connectivity index is 2.51. The summed E-state index contributed by atoms with van der Waals surface area (Å²) in [6.07, 6.45) is 8.62. The monoisotopic (exact) mass is 294 g/mol. The second-order valence-corrected chi connectivity index (χ2v) is 5.26. The second kappa shape index (κ2) is 11.5. The van der Waals surface area contributed by atoms with Crippen molar-refractivity contribution in [3.05, 3.63) is 18.0 Å². The first-order valence-corrected chi connectivity index (χ1v) is 8.07. The van der Waals surface area contributed by atoms with Gasteiger partial charge in [-0.1, -0.05) is 26.7 Å². The Morgan fingerprint density at radius 3 is 2.24 bits per heavy atom. The van der Waals surface area contributed by atoms with Gasteiger partial charge in [-0.15, -0.1) is 0 Å². The van der Waals surface area contributed by atoms with Crippen molar-refractivity contribution >= 4 is 5.95 Å². The molecule has 1 rings (SSSR count). The zero-order valence-corrected chi connectivity index (χ0v) is 13.8. The van der Waals surface area contributed by atoms with Gasteiger partial charge in [-0.25, -0.2) is 9.97 Å². The van der Waals surface area contributed by atoms with Crippen molar-refractivity contribution in [2.75, 3.05) is 38.3 Å². The lowest BCUT2D eigenvalue weighted by Crippen LogP contribution is -2.27. The number of unbranched alkanes of at least 4 members (excludes halogenated alkanes) is 2. The van der Waals surface area contributed by atoms with Gasteiger partial charge in [0.1, 0.15) is 0 Å². The molecular formula is C16H30N4O. The summed E-state index contributed by atoms with van der Waals surface area (Å²) in [6, 6.07) is 0. The van der Waals surface area contributed by atoms with E-state index in [2.05, 4.69) is 34.0 Å². The molecule has 0 atom stereocenters. The van der Waals surface area contributed by atoms with Crippen LogP contribution in [0, 0.1) is 0 Å². The van der Waals surface area contributed by atoms with Crippen LogP contribution in [0.5, 0.6) is 0 Å². The molecule has 0 saturated carbocycles. The fourth-order valence-electron chi connectivity index (χ4n) is 2.02. The zero-order valence-electron chi connectivity index (χ0n) is 13.8. The van der Waals surface area contributed by atoms with Gasteiger partial charge < -0.3 is 15.0 Å². The zero-order chi connectivity index (χ0) is 15.3. The van der Waals surface area contributed by atoms with Gasteiger partial charge in [0.2, 0.25) is 5.95 Å². The molecule has 1 heterocycles. The molecule has 0 radical (unpaired) electrons. The molecule has 0 aromatic carbocycles. The lowest BCUT2D eigenvalue weighted by atomic mass is 10.2. The highest BCUT2D eigenvalue weighted by atomic mass is 16.5. The first-order chi connectivity index (χ1) is 10.3. The predicted octanol–water partition coefficient (Wildman–Crippen LogP) is 2.62. The average Bonchev–Trinajstić information content (AvgIpc) is 2.53. The molecule has 1 N–H and O–H groups in total. The van der Waals surface area contributed by atoms with Crippen molar-refractivity contribution in [3.63, 3.8) is 0 Å². The fourth-order valence-corrected chi connectivity index (χ4v) is 2.02. The van der Waals surface area contributed by atoms with Crippen LogP contribution in [0.4, 0.5) is 5.95 Å². The lowest BCUT2D eigenvalue weighted by molar-refractivity contribution is 0.199. The smallest absolute Gasteiger partial charge is 0.225 e. The maximum Gasteiger partial charge on any atom is 0.225 e. The Labute approximate surface area is 129 Å². The highest BCUT2D eigenvalue weighted by molar-refractivity contribution is 5.29. The maximum absolute atomic E-state index is 5.00. The van der Waals surface area contributed by atoms with Gasteiger partial charge in [0.15, 0.2) is 0 Å². The fraction of sp³-hybridized carbons (Fsp3) is 0.750. The summed E-state index contributed by atoms with van der Waals surface area (Å²) >= 11 is 0. The van der Waals surface area contributed by atoms with E-state index in [0.29, 0.717) is 0 Å². The topological polar surface area (TPSA) is 50.3 Å². The molecule has 0 bridgehead atoms. The Kier molecular flexibility index (Phi) is 9.74. The first-order valence-electron chi connectivity index (χ1n) is 8.07. The summed E-state index contributed by atoms with van der Waals surface area (Å²) in [5, 5.41) is 3.30. The molecule has 5 nitrogen and oxygen atoms in total. The van der Waals surface area contributed by atoms with Gasteiger partial charge >= 0.3 is 0 Å². The van der Waals surface area contributed by atoms with Crippen LogP contribution < -0.4 is 10.2 Å². The SMILES string of the molecule is CCCCN(CCCC)c1ncc(CNCCOC)cn1. The molecule has 1 aromatic rings. The summed E-state index contributed by atoms with van der Waals surface area (Å²) in [5.41, 5.74) is 1.11. The van der Waals surface area contributed by atoms with Crippen molar-refractivity contribution in [1.29, 1.82) is 0 Å². The van der Waals surface area contributed by atoms with Crippen LogP contribution in [0.25, 0.3) is 0 Å². The Morgan fingerprint density at radius 2 is 1.71 bits per heavy atom. The van der Waals surface area contributed by atoms with Crippen molar-refractivity contribution < 1.29 is 4.74 Å². The molecule has 0 aliphatic rings. The Hall–Kier alpha value is -1.20. The van der Waals surface area contributed by atoms with E-state index in [1.54, 1.807) is 7.11 Å². The third kappa shape index (κ3) is 7.39. The van der Waals surface area contributed by atoms with E-state index < -0.39 is 0 Å². The van der Waals surface area contributed by atoms with Crippen molar-refractivity contribution in [3.8, 4) is 0 Å². The number of nitrogens with one attached hydrogen (secondary N) is 1. The number of aromatic nitrogens is 2. The largest absolute Gasteiger partial charge is 0.383 e. The normalized spacial score (nSPS) is 10.8. The van der Waals surface area contributed by atoms with Crippen molar-refractivity contribution in [2.45, 2.75) is 46.1 Å². The standard InChI is InChI=1S/C16H30N4O/c1-4-6-9-20(10-7-5-2)16-18-13-15(14-19-16)12-17-8-11-21-3/h13-14,17H,4-12H2,1-3H3. The maximum atomic E-state index is 5.00. The van der Waals surface area contributed by atoms with E-state index in [1.165, 1.54) is 25.7 Å². The molecule has 0 amide bonds. The van der Waals surface area contributed by atoms with Gasteiger partial charge in [0, 0.05) is 51.2 Å². The molecule has 0 unspecified atom stereocenters. The van der Waals surface area contributed by atoms with E-state index >= 15 is 0 Å². The minimum Gasteiger partial charge on any atom is -0.383 e. The number of hydrogen-bond donors (Lipinski definition) is 1. The summed E-state index contributed by atoms with van der Waals surface area (Å²) < 4.78 is 5.00. The van der Waals surface area contributed by atoms with Gasteiger partial charge in [0.05, 0.1) is 6.61 Å². The summed E-state index contributed by atoms with van der Waals surface area (Å²) in [6.45, 7) is 8.87. The predicted molar refractivity (Wildman–Crippen MR) is 87.6 cm³/mol. The molecule has 21 heavy (non-hydrogen) atoms.